The van der Waals surface area contributed by atoms with Gasteiger partial charge in [-0.25, -0.2) is 0 Å². The Balaban J connectivity index is 1.71. The van der Waals surface area contributed by atoms with E-state index in [0.29, 0.717) is 43.0 Å². The van der Waals surface area contributed by atoms with Crippen molar-refractivity contribution in [3.8, 4) is 0 Å². The number of ether oxygens (including phenoxy) is 1. The smallest absolute Gasteiger partial charge is 0.306 e. The number of hydrogen-bond donors (Lipinski definition) is 1. The number of nitrogens with zero attached hydrogens (tertiary/aromatic N) is 1. The molecule has 0 spiro atoms. The number of carbonyl (C=O) groups is 3. The second-order valence-corrected chi connectivity index (χ2v) is 6.32. The second-order valence-electron chi connectivity index (χ2n) is 5.54. The van der Waals surface area contributed by atoms with E-state index in [1.165, 1.54) is 0 Å². The van der Waals surface area contributed by atoms with E-state index in [4.69, 9.17) is 9.15 Å². The van der Waals surface area contributed by atoms with Crippen molar-refractivity contribution in [2.45, 2.75) is 38.6 Å². The van der Waals surface area contributed by atoms with Gasteiger partial charge in [-0.2, -0.15) is 0 Å². The summed E-state index contributed by atoms with van der Waals surface area (Å²) in [6.07, 6.45) is 1.57. The Bertz CT molecular complexity index is 593. The Kier molecular flexibility index (Phi) is 6.84. The fraction of sp³-hybridized carbons (Fsp3) is 0.562. The second kappa shape index (κ2) is 8.86. The quantitative estimate of drug-likeness (QED) is 0.738. The summed E-state index contributed by atoms with van der Waals surface area (Å²) in [6.45, 7) is 3.16. The molecule has 0 atom stereocenters. The zero-order chi connectivity index (χ0) is 17.5. The maximum atomic E-state index is 12.3. The number of amides is 2. The average Bonchev–Trinajstić information content (AvgIpc) is 3.00. The number of halogens is 1. The van der Waals surface area contributed by atoms with Crippen LogP contribution in [0, 0.1) is 0 Å². The monoisotopic (exact) mass is 400 g/mol. The topological polar surface area (TPSA) is 88.9 Å². The van der Waals surface area contributed by atoms with Crippen molar-refractivity contribution >= 4 is 33.7 Å². The van der Waals surface area contributed by atoms with Gasteiger partial charge in [0.2, 0.25) is 5.91 Å². The highest BCUT2D eigenvalue weighted by Crippen LogP contribution is 2.18. The molecule has 0 radical (unpaired) electrons. The van der Waals surface area contributed by atoms with Crippen LogP contribution < -0.4 is 5.32 Å². The summed E-state index contributed by atoms with van der Waals surface area (Å²) in [4.78, 5) is 37.0. The molecule has 0 saturated carbocycles. The minimum absolute atomic E-state index is 0.0204. The Morgan fingerprint density at radius 2 is 2.00 bits per heavy atom. The normalized spacial score (nSPS) is 15.2. The van der Waals surface area contributed by atoms with Gasteiger partial charge in [-0.15, -0.1) is 0 Å². The maximum Gasteiger partial charge on any atom is 0.306 e. The van der Waals surface area contributed by atoms with Crippen molar-refractivity contribution in [3.05, 3.63) is 22.6 Å². The Labute approximate surface area is 148 Å². The zero-order valence-electron chi connectivity index (χ0n) is 13.5. The molecule has 0 bridgehead atoms. The first-order valence-electron chi connectivity index (χ1n) is 7.99. The van der Waals surface area contributed by atoms with E-state index in [0.717, 1.165) is 0 Å². The van der Waals surface area contributed by atoms with Crippen molar-refractivity contribution < 1.29 is 23.5 Å². The van der Waals surface area contributed by atoms with Crippen LogP contribution in [0.5, 0.6) is 0 Å². The standard InChI is InChI=1S/C16H21BrN2O5/c1-2-23-15(21)6-5-14(20)18-11-7-9-19(10-8-11)16(22)12-3-4-13(17)24-12/h3-4,11H,2,5-10H2,1H3,(H,18,20). The molecule has 1 fully saturated rings. The van der Waals surface area contributed by atoms with Crippen molar-refractivity contribution in [1.29, 1.82) is 0 Å². The molecule has 1 aromatic heterocycles. The van der Waals surface area contributed by atoms with E-state index in [9.17, 15) is 14.4 Å². The summed E-state index contributed by atoms with van der Waals surface area (Å²) in [5.74, 6) is -0.368. The van der Waals surface area contributed by atoms with Crippen molar-refractivity contribution in [3.63, 3.8) is 0 Å². The first-order valence-corrected chi connectivity index (χ1v) is 8.78. The molecule has 0 aliphatic carbocycles. The first kappa shape index (κ1) is 18.5. The molecule has 1 aliphatic heterocycles. The fourth-order valence-corrected chi connectivity index (χ4v) is 2.87. The highest BCUT2D eigenvalue weighted by molar-refractivity contribution is 9.10. The van der Waals surface area contributed by atoms with Gasteiger partial charge in [-0.3, -0.25) is 14.4 Å². The number of esters is 1. The molecule has 2 amide bonds. The van der Waals surface area contributed by atoms with Crippen LogP contribution in [0.1, 0.15) is 43.2 Å². The van der Waals surface area contributed by atoms with Gasteiger partial charge in [0.05, 0.1) is 13.0 Å². The van der Waals surface area contributed by atoms with Crippen LogP contribution in [-0.4, -0.2) is 48.4 Å². The van der Waals surface area contributed by atoms with Gasteiger partial charge in [0.25, 0.3) is 5.91 Å². The molecule has 8 heteroatoms. The number of piperidine rings is 1. The number of carbonyl (C=O) groups excluding carboxylic acids is 3. The summed E-state index contributed by atoms with van der Waals surface area (Å²) in [6, 6.07) is 3.34. The predicted octanol–water partition coefficient (Wildman–Crippen LogP) is 2.11. The summed E-state index contributed by atoms with van der Waals surface area (Å²) in [5.41, 5.74) is 0. The minimum atomic E-state index is -0.363. The molecule has 2 heterocycles. The van der Waals surface area contributed by atoms with Crippen LogP contribution in [0.4, 0.5) is 0 Å². The van der Waals surface area contributed by atoms with Gasteiger partial charge in [-0.1, -0.05) is 0 Å². The molecular formula is C16H21BrN2O5. The highest BCUT2D eigenvalue weighted by atomic mass is 79.9. The van der Waals surface area contributed by atoms with Crippen LogP contribution >= 0.6 is 15.9 Å². The van der Waals surface area contributed by atoms with E-state index in [2.05, 4.69) is 21.2 Å². The first-order chi connectivity index (χ1) is 11.5. The largest absolute Gasteiger partial charge is 0.466 e. The summed E-state index contributed by atoms with van der Waals surface area (Å²) < 4.78 is 10.6. The van der Waals surface area contributed by atoms with Gasteiger partial charge in [0, 0.05) is 25.6 Å². The lowest BCUT2D eigenvalue weighted by atomic mass is 10.0. The van der Waals surface area contributed by atoms with Crippen molar-refractivity contribution in [1.82, 2.24) is 10.2 Å². The average molecular weight is 401 g/mol. The van der Waals surface area contributed by atoms with Gasteiger partial charge in [0.15, 0.2) is 10.4 Å². The van der Waals surface area contributed by atoms with Crippen molar-refractivity contribution in [2.75, 3.05) is 19.7 Å². The third kappa shape index (κ3) is 5.36. The van der Waals surface area contributed by atoms with Crippen LogP contribution in [0.2, 0.25) is 0 Å². The van der Waals surface area contributed by atoms with E-state index in [1.54, 1.807) is 24.0 Å². The van der Waals surface area contributed by atoms with Gasteiger partial charge in [-0.05, 0) is 47.8 Å². The summed E-state index contributed by atoms with van der Waals surface area (Å²) in [5, 5.41) is 2.90. The summed E-state index contributed by atoms with van der Waals surface area (Å²) in [7, 11) is 0. The number of rotatable bonds is 6. The van der Waals surface area contributed by atoms with Crippen LogP contribution in [-0.2, 0) is 14.3 Å². The van der Waals surface area contributed by atoms with E-state index in [-0.39, 0.29) is 36.7 Å². The lowest BCUT2D eigenvalue weighted by molar-refractivity contribution is -0.144. The van der Waals surface area contributed by atoms with E-state index >= 15 is 0 Å². The van der Waals surface area contributed by atoms with Gasteiger partial charge >= 0.3 is 5.97 Å². The molecule has 1 aliphatic rings. The SMILES string of the molecule is CCOC(=O)CCC(=O)NC1CCN(C(=O)c2ccc(Br)o2)CC1. The van der Waals surface area contributed by atoms with E-state index < -0.39 is 0 Å². The van der Waals surface area contributed by atoms with Crippen LogP contribution in [0.3, 0.4) is 0 Å². The van der Waals surface area contributed by atoms with Gasteiger partial charge < -0.3 is 19.4 Å². The highest BCUT2D eigenvalue weighted by Gasteiger charge is 2.26. The predicted molar refractivity (Wildman–Crippen MR) is 89.3 cm³/mol. The Morgan fingerprint density at radius 3 is 2.58 bits per heavy atom. The van der Waals surface area contributed by atoms with Crippen molar-refractivity contribution in [2.24, 2.45) is 0 Å². The molecule has 132 valence electrons. The van der Waals surface area contributed by atoms with E-state index in [1.807, 2.05) is 0 Å². The molecule has 24 heavy (non-hydrogen) atoms. The number of nitrogens with one attached hydrogen (secondary N) is 1. The number of hydrogen-bond acceptors (Lipinski definition) is 5. The molecule has 1 saturated heterocycles. The molecule has 0 unspecified atom stereocenters. The van der Waals surface area contributed by atoms with Crippen LogP contribution in [0.15, 0.2) is 21.2 Å². The molecule has 2 rings (SSSR count). The molecule has 0 aromatic carbocycles. The third-order valence-electron chi connectivity index (χ3n) is 3.79. The van der Waals surface area contributed by atoms with Crippen LogP contribution in [0.25, 0.3) is 0 Å². The molecule has 7 nitrogen and oxygen atoms in total. The Hall–Kier alpha value is -1.83. The minimum Gasteiger partial charge on any atom is -0.466 e. The Morgan fingerprint density at radius 1 is 1.29 bits per heavy atom. The summed E-state index contributed by atoms with van der Waals surface area (Å²) >= 11 is 3.18. The molecule has 1 aromatic rings. The lowest BCUT2D eigenvalue weighted by Crippen LogP contribution is -2.46. The number of furan rings is 1. The fourth-order valence-electron chi connectivity index (χ4n) is 2.56. The lowest BCUT2D eigenvalue weighted by Gasteiger charge is -2.31. The number of likely N-dealkylation sites (tertiary alicyclic amines) is 1. The molecular weight excluding hydrogens is 380 g/mol. The third-order valence-corrected chi connectivity index (χ3v) is 4.22. The maximum absolute atomic E-state index is 12.3. The van der Waals surface area contributed by atoms with Gasteiger partial charge in [0.1, 0.15) is 0 Å². The molecule has 1 N–H and O–H groups in total. The zero-order valence-corrected chi connectivity index (χ0v) is 15.1.